The molecule has 0 saturated heterocycles. The van der Waals surface area contributed by atoms with Crippen molar-refractivity contribution in [3.63, 3.8) is 0 Å². The van der Waals surface area contributed by atoms with Crippen LogP contribution in [0.4, 0.5) is 17.6 Å². The molecule has 2 aliphatic carbocycles. The van der Waals surface area contributed by atoms with Gasteiger partial charge in [0.1, 0.15) is 5.67 Å². The first-order chi connectivity index (χ1) is 18.7. The Morgan fingerprint density at radius 2 is 1.68 bits per heavy atom. The standard InChI is InChI=1S/C27H29Cl2F4N3O4/c1-25(24(39)40)11-7-16(8-12-25)36-22(27(31,32)33)17(13-34-36)23(38)35(15-26(30)9-2-3-10-26)14-20(37)21-18(28)5-4-6-19(21)29/h4-6,13,16H,2-3,7-12,14-15H2,1H3,(H,39,40). The molecule has 1 aromatic carbocycles. The largest absolute Gasteiger partial charge is 0.481 e. The molecule has 7 nitrogen and oxygen atoms in total. The smallest absolute Gasteiger partial charge is 0.433 e. The number of Topliss-reactive ketones (excluding diaryl/α,β-unsaturated/α-hetero) is 1. The molecule has 13 heteroatoms. The molecule has 0 radical (unpaired) electrons. The van der Waals surface area contributed by atoms with Crippen LogP contribution in [0, 0.1) is 5.41 Å². The van der Waals surface area contributed by atoms with Gasteiger partial charge in [0.25, 0.3) is 5.91 Å². The van der Waals surface area contributed by atoms with Crippen LogP contribution in [0.15, 0.2) is 24.4 Å². The fourth-order valence-corrected chi connectivity index (χ4v) is 6.28. The van der Waals surface area contributed by atoms with Crippen LogP contribution >= 0.6 is 23.2 Å². The molecule has 1 aromatic heterocycles. The minimum Gasteiger partial charge on any atom is -0.481 e. The fourth-order valence-electron chi connectivity index (χ4n) is 5.67. The minimum atomic E-state index is -5.00. The first-order valence-corrected chi connectivity index (χ1v) is 13.7. The molecule has 218 valence electrons. The van der Waals surface area contributed by atoms with Crippen molar-refractivity contribution in [3.8, 4) is 0 Å². The van der Waals surface area contributed by atoms with E-state index in [0.717, 1.165) is 15.8 Å². The SMILES string of the molecule is CC1(C(=O)O)CCC(n2ncc(C(=O)N(CC(=O)c3c(Cl)cccc3Cl)CC3(F)CCCC3)c2C(F)(F)F)CC1. The van der Waals surface area contributed by atoms with Gasteiger partial charge >= 0.3 is 12.1 Å². The van der Waals surface area contributed by atoms with Crippen molar-refractivity contribution in [1.82, 2.24) is 14.7 Å². The third-order valence-corrected chi connectivity index (χ3v) is 8.68. The lowest BCUT2D eigenvalue weighted by Crippen LogP contribution is -2.45. The maximum Gasteiger partial charge on any atom is 0.433 e. The number of amides is 1. The van der Waals surface area contributed by atoms with Gasteiger partial charge in [0.05, 0.1) is 51.9 Å². The first-order valence-electron chi connectivity index (χ1n) is 13.0. The summed E-state index contributed by atoms with van der Waals surface area (Å²) in [6, 6.07) is 3.54. The number of ketones is 1. The Kier molecular flexibility index (Phi) is 8.57. The average Bonchev–Trinajstić information content (AvgIpc) is 3.50. The van der Waals surface area contributed by atoms with Crippen LogP contribution in [0.5, 0.6) is 0 Å². The molecule has 1 N–H and O–H groups in total. The van der Waals surface area contributed by atoms with E-state index in [1.165, 1.54) is 18.2 Å². The number of hydrogen-bond donors (Lipinski definition) is 1. The van der Waals surface area contributed by atoms with Crippen molar-refractivity contribution in [1.29, 1.82) is 0 Å². The highest BCUT2D eigenvalue weighted by molar-refractivity contribution is 6.40. The Hall–Kier alpha value is -2.66. The predicted molar refractivity (Wildman–Crippen MR) is 139 cm³/mol. The van der Waals surface area contributed by atoms with E-state index in [4.69, 9.17) is 23.2 Å². The Bertz CT molecular complexity index is 1280. The van der Waals surface area contributed by atoms with E-state index in [-0.39, 0.29) is 54.1 Å². The summed E-state index contributed by atoms with van der Waals surface area (Å²) < 4.78 is 59.5. The summed E-state index contributed by atoms with van der Waals surface area (Å²) in [4.78, 5) is 39.2. The van der Waals surface area contributed by atoms with Crippen molar-refractivity contribution in [3.05, 3.63) is 51.3 Å². The number of carboxylic acids is 1. The molecule has 1 amide bonds. The van der Waals surface area contributed by atoms with E-state index >= 15 is 4.39 Å². The number of carbonyl (C=O) groups excluding carboxylic acids is 2. The highest BCUT2D eigenvalue weighted by Gasteiger charge is 2.46. The van der Waals surface area contributed by atoms with E-state index < -0.39 is 65.3 Å². The summed E-state index contributed by atoms with van der Waals surface area (Å²) in [5.41, 5.74) is -5.15. The number of aromatic nitrogens is 2. The molecule has 2 aliphatic rings. The van der Waals surface area contributed by atoms with Gasteiger partial charge in [-0.25, -0.2) is 4.39 Å². The number of carboxylic acid groups (broad SMARTS) is 1. The second-order valence-electron chi connectivity index (χ2n) is 11.0. The molecule has 0 unspecified atom stereocenters. The Morgan fingerprint density at radius 1 is 1.10 bits per heavy atom. The van der Waals surface area contributed by atoms with Gasteiger partial charge in [-0.3, -0.25) is 19.1 Å². The molecule has 0 aliphatic heterocycles. The molecule has 2 aromatic rings. The van der Waals surface area contributed by atoms with E-state index in [1.54, 1.807) is 6.92 Å². The minimum absolute atomic E-state index is 0.00446. The van der Waals surface area contributed by atoms with E-state index in [9.17, 15) is 32.7 Å². The van der Waals surface area contributed by atoms with Gasteiger partial charge in [-0.1, -0.05) is 42.1 Å². The van der Waals surface area contributed by atoms with Crippen molar-refractivity contribution in [2.45, 2.75) is 76.2 Å². The summed E-state index contributed by atoms with van der Waals surface area (Å²) in [6.45, 7) is 0.226. The third-order valence-electron chi connectivity index (χ3n) is 8.05. The topological polar surface area (TPSA) is 92.5 Å². The summed E-state index contributed by atoms with van der Waals surface area (Å²) >= 11 is 12.3. The van der Waals surface area contributed by atoms with Crippen molar-refractivity contribution in [2.75, 3.05) is 13.1 Å². The molecule has 4 rings (SSSR count). The Morgan fingerprint density at radius 3 is 2.20 bits per heavy atom. The van der Waals surface area contributed by atoms with Gasteiger partial charge in [-0.15, -0.1) is 0 Å². The monoisotopic (exact) mass is 605 g/mol. The van der Waals surface area contributed by atoms with Crippen LogP contribution in [0.25, 0.3) is 0 Å². The number of hydrogen-bond acceptors (Lipinski definition) is 4. The zero-order valence-corrected chi connectivity index (χ0v) is 23.3. The number of halogens is 6. The number of alkyl halides is 4. The molecule has 0 spiro atoms. The molecule has 2 saturated carbocycles. The number of rotatable bonds is 8. The van der Waals surface area contributed by atoms with E-state index in [1.807, 2.05) is 0 Å². The highest BCUT2D eigenvalue weighted by atomic mass is 35.5. The van der Waals surface area contributed by atoms with Gasteiger partial charge < -0.3 is 10.0 Å². The first kappa shape index (κ1) is 30.3. The zero-order chi connectivity index (χ0) is 29.5. The molecule has 0 atom stereocenters. The summed E-state index contributed by atoms with van der Waals surface area (Å²) in [5, 5.41) is 13.4. The maximum atomic E-state index is 15.6. The molecule has 0 bridgehead atoms. The van der Waals surface area contributed by atoms with Gasteiger partial charge in [0.15, 0.2) is 11.5 Å². The molecular weight excluding hydrogens is 577 g/mol. The molecule has 2 fully saturated rings. The van der Waals surface area contributed by atoms with E-state index in [0.29, 0.717) is 12.8 Å². The third kappa shape index (κ3) is 6.15. The van der Waals surface area contributed by atoms with E-state index in [2.05, 4.69) is 5.10 Å². The van der Waals surface area contributed by atoms with Gasteiger partial charge in [0, 0.05) is 0 Å². The molecular formula is C27H29Cl2F4N3O4. The number of benzene rings is 1. The summed E-state index contributed by atoms with van der Waals surface area (Å²) in [5.74, 6) is -2.96. The van der Waals surface area contributed by atoms with Crippen LogP contribution in [0.1, 0.15) is 90.7 Å². The summed E-state index contributed by atoms with van der Waals surface area (Å²) in [7, 11) is 0. The van der Waals surface area contributed by atoms with Gasteiger partial charge in [-0.05, 0) is 57.6 Å². The number of carbonyl (C=O) groups is 3. The Labute approximate surface area is 238 Å². The fraction of sp³-hybridized carbons (Fsp3) is 0.556. The van der Waals surface area contributed by atoms with Crippen molar-refractivity contribution in [2.24, 2.45) is 5.41 Å². The van der Waals surface area contributed by atoms with Crippen LogP contribution in [0.2, 0.25) is 10.0 Å². The number of nitrogens with zero attached hydrogens (tertiary/aromatic N) is 3. The number of aliphatic carboxylic acids is 1. The van der Waals surface area contributed by atoms with Crippen molar-refractivity contribution < 1.29 is 37.1 Å². The normalized spacial score (nSPS) is 22.7. The van der Waals surface area contributed by atoms with Crippen LogP contribution in [0.3, 0.4) is 0 Å². The maximum absolute atomic E-state index is 15.6. The van der Waals surface area contributed by atoms with Crippen LogP contribution in [-0.4, -0.2) is 56.2 Å². The molecule has 1 heterocycles. The quantitative estimate of drug-likeness (QED) is 0.258. The summed E-state index contributed by atoms with van der Waals surface area (Å²) in [6.07, 6.45) is -2.41. The van der Waals surface area contributed by atoms with Gasteiger partial charge in [0.2, 0.25) is 0 Å². The van der Waals surface area contributed by atoms with Crippen LogP contribution in [-0.2, 0) is 11.0 Å². The predicted octanol–water partition coefficient (Wildman–Crippen LogP) is 7.02. The zero-order valence-electron chi connectivity index (χ0n) is 21.7. The lowest BCUT2D eigenvalue weighted by atomic mass is 9.74. The second kappa shape index (κ2) is 11.3. The molecule has 40 heavy (non-hydrogen) atoms. The average molecular weight is 606 g/mol. The van der Waals surface area contributed by atoms with Crippen LogP contribution < -0.4 is 0 Å². The second-order valence-corrected chi connectivity index (χ2v) is 11.8. The van der Waals surface area contributed by atoms with Crippen molar-refractivity contribution >= 4 is 40.9 Å². The van der Waals surface area contributed by atoms with Gasteiger partial charge in [-0.2, -0.15) is 18.3 Å². The highest BCUT2D eigenvalue weighted by Crippen LogP contribution is 2.44. The lowest BCUT2D eigenvalue weighted by Gasteiger charge is -2.34. The lowest BCUT2D eigenvalue weighted by molar-refractivity contribution is -0.152. The Balaban J connectivity index is 1.69.